The number of piperazine rings is 1. The van der Waals surface area contributed by atoms with Crippen LogP contribution in [0.15, 0.2) is 47.2 Å². The lowest BCUT2D eigenvalue weighted by Crippen LogP contribution is -2.47. The Morgan fingerprint density at radius 2 is 1.81 bits per heavy atom. The molecule has 1 saturated heterocycles. The summed E-state index contributed by atoms with van der Waals surface area (Å²) >= 11 is 3.20. The van der Waals surface area contributed by atoms with Crippen molar-refractivity contribution in [2.75, 3.05) is 41.3 Å². The predicted octanol–water partition coefficient (Wildman–Crippen LogP) is 4.97. The highest BCUT2D eigenvalue weighted by Gasteiger charge is 2.30. The molecule has 1 aliphatic heterocycles. The lowest BCUT2D eigenvalue weighted by molar-refractivity contribution is -0.383. The smallest absolute Gasteiger partial charge is 0.353 e. The summed E-state index contributed by atoms with van der Waals surface area (Å²) < 4.78 is 14.8. The number of nitro groups is 1. The van der Waals surface area contributed by atoms with E-state index in [1.54, 1.807) is 6.07 Å². The monoisotopic (exact) mass is 500 g/mol. The van der Waals surface area contributed by atoms with Crippen LogP contribution in [-0.2, 0) is 0 Å². The second-order valence-electron chi connectivity index (χ2n) is 7.59. The molecule has 0 unspecified atom stereocenters. The van der Waals surface area contributed by atoms with E-state index < -0.39 is 10.7 Å². The molecule has 0 amide bonds. The molecule has 2 heterocycles. The van der Waals surface area contributed by atoms with E-state index in [1.807, 2.05) is 11.0 Å². The van der Waals surface area contributed by atoms with Crippen LogP contribution in [0.2, 0.25) is 0 Å². The zero-order valence-corrected chi connectivity index (χ0v) is 19.3. The topological polar surface area (TPSA) is 87.4 Å². The van der Waals surface area contributed by atoms with Crippen LogP contribution in [0.25, 0.3) is 0 Å². The van der Waals surface area contributed by atoms with Crippen molar-refractivity contribution in [3.63, 3.8) is 0 Å². The minimum Gasteiger partial charge on any atom is -0.368 e. The van der Waals surface area contributed by atoms with Gasteiger partial charge in [0.25, 0.3) is 0 Å². The summed E-state index contributed by atoms with van der Waals surface area (Å²) in [6, 6.07) is 10.6. The maximum absolute atomic E-state index is 14.3. The van der Waals surface area contributed by atoms with Crippen LogP contribution in [0, 0.1) is 29.8 Å². The van der Waals surface area contributed by atoms with Gasteiger partial charge >= 0.3 is 5.69 Å². The summed E-state index contributed by atoms with van der Waals surface area (Å²) in [5.74, 6) is -0.361. The fraction of sp³-hybridized carbons (Fsp3) is 0.273. The number of hydrogen-bond acceptors (Lipinski definition) is 7. The lowest BCUT2D eigenvalue weighted by Gasteiger charge is -2.37. The molecule has 0 saturated carbocycles. The molecule has 0 atom stereocenters. The summed E-state index contributed by atoms with van der Waals surface area (Å²) in [6.45, 7) is 6.73. The van der Waals surface area contributed by atoms with Gasteiger partial charge in [-0.2, -0.15) is 0 Å². The zero-order chi connectivity index (χ0) is 22.8. The molecule has 0 aliphatic carbocycles. The third-order valence-corrected chi connectivity index (χ3v) is 6.16. The van der Waals surface area contributed by atoms with Gasteiger partial charge in [0.2, 0.25) is 11.6 Å². The number of benzene rings is 2. The van der Waals surface area contributed by atoms with Crippen molar-refractivity contribution in [2.45, 2.75) is 13.8 Å². The first-order chi connectivity index (χ1) is 15.3. The van der Waals surface area contributed by atoms with Crippen LogP contribution in [0.5, 0.6) is 0 Å². The molecular formula is C22H22BrFN6O2. The Hall–Kier alpha value is -3.27. The lowest BCUT2D eigenvalue weighted by atomic mass is 10.1. The molecule has 3 aromatic rings. The first-order valence-electron chi connectivity index (χ1n) is 10.1. The summed E-state index contributed by atoms with van der Waals surface area (Å²) in [4.78, 5) is 23.8. The molecule has 0 bridgehead atoms. The van der Waals surface area contributed by atoms with Crippen LogP contribution in [0.1, 0.15) is 11.1 Å². The molecule has 1 aromatic heterocycles. The Labute approximate surface area is 193 Å². The van der Waals surface area contributed by atoms with Crippen molar-refractivity contribution in [1.82, 2.24) is 9.97 Å². The Morgan fingerprint density at radius 3 is 2.50 bits per heavy atom. The number of aryl methyl sites for hydroxylation is 1. The highest BCUT2D eigenvalue weighted by Crippen LogP contribution is 2.35. The van der Waals surface area contributed by atoms with Gasteiger partial charge < -0.3 is 15.1 Å². The molecule has 1 N–H and O–H groups in total. The Balaban J connectivity index is 1.58. The first kappa shape index (κ1) is 21.9. The molecular weight excluding hydrogens is 479 g/mol. The van der Waals surface area contributed by atoms with E-state index in [1.165, 1.54) is 35.3 Å². The minimum atomic E-state index is -0.545. The molecule has 10 heteroatoms. The van der Waals surface area contributed by atoms with Crippen molar-refractivity contribution >= 4 is 44.6 Å². The van der Waals surface area contributed by atoms with Gasteiger partial charge in [0, 0.05) is 36.3 Å². The second-order valence-corrected chi connectivity index (χ2v) is 8.51. The zero-order valence-electron chi connectivity index (χ0n) is 17.7. The minimum absolute atomic E-state index is 0.0434. The van der Waals surface area contributed by atoms with Gasteiger partial charge in [-0.25, -0.2) is 14.4 Å². The molecule has 8 nitrogen and oxygen atoms in total. The number of nitrogens with zero attached hydrogens (tertiary/aromatic N) is 5. The molecule has 0 spiro atoms. The van der Waals surface area contributed by atoms with E-state index in [2.05, 4.69) is 62.1 Å². The van der Waals surface area contributed by atoms with Crippen LogP contribution < -0.4 is 15.1 Å². The Kier molecular flexibility index (Phi) is 6.22. The summed E-state index contributed by atoms with van der Waals surface area (Å²) in [5.41, 5.74) is 3.47. The summed E-state index contributed by atoms with van der Waals surface area (Å²) in [6.07, 6.45) is 1.26. The van der Waals surface area contributed by atoms with E-state index in [0.29, 0.717) is 30.7 Å². The number of anilines is 4. The number of halogens is 2. The van der Waals surface area contributed by atoms with E-state index in [9.17, 15) is 14.5 Å². The van der Waals surface area contributed by atoms with Crippen molar-refractivity contribution in [1.29, 1.82) is 0 Å². The predicted molar refractivity (Wildman–Crippen MR) is 126 cm³/mol. The van der Waals surface area contributed by atoms with Crippen molar-refractivity contribution in [3.05, 3.63) is 74.3 Å². The maximum atomic E-state index is 14.3. The van der Waals surface area contributed by atoms with Crippen LogP contribution in [0.3, 0.4) is 0 Å². The Morgan fingerprint density at radius 1 is 1.09 bits per heavy atom. The van der Waals surface area contributed by atoms with Crippen LogP contribution in [0.4, 0.5) is 33.1 Å². The van der Waals surface area contributed by atoms with Crippen molar-refractivity contribution in [3.8, 4) is 0 Å². The first-order valence-corrected chi connectivity index (χ1v) is 10.9. The molecule has 1 fully saturated rings. The number of aromatic nitrogens is 2. The van der Waals surface area contributed by atoms with Gasteiger partial charge in [-0.15, -0.1) is 0 Å². The third-order valence-electron chi connectivity index (χ3n) is 5.67. The maximum Gasteiger partial charge on any atom is 0.353 e. The largest absolute Gasteiger partial charge is 0.368 e. The Bertz CT molecular complexity index is 1170. The van der Waals surface area contributed by atoms with E-state index in [-0.39, 0.29) is 23.0 Å². The van der Waals surface area contributed by atoms with Crippen LogP contribution >= 0.6 is 15.9 Å². The van der Waals surface area contributed by atoms with Crippen molar-refractivity contribution in [2.24, 2.45) is 0 Å². The second kappa shape index (κ2) is 9.07. The average Bonchev–Trinajstić information content (AvgIpc) is 2.77. The standard InChI is InChI=1S/C22H22BrFN6O2/c1-14-4-3-5-19(15(14)2)28-8-10-29(11-9-28)22-20(30(31)32)21(25-13-26-22)27-18-7-6-16(23)12-17(18)24/h3-7,12-13H,8-11H2,1-2H3,(H,25,26,27). The molecule has 0 radical (unpaired) electrons. The molecule has 2 aromatic carbocycles. The van der Waals surface area contributed by atoms with Crippen molar-refractivity contribution < 1.29 is 9.31 Å². The molecule has 4 rings (SSSR count). The van der Waals surface area contributed by atoms with E-state index in [0.717, 1.165) is 0 Å². The van der Waals surface area contributed by atoms with E-state index >= 15 is 0 Å². The van der Waals surface area contributed by atoms with Gasteiger partial charge in [-0.05, 0) is 49.2 Å². The quantitative estimate of drug-likeness (QED) is 0.390. The third kappa shape index (κ3) is 4.36. The molecule has 1 aliphatic rings. The van der Waals surface area contributed by atoms with Gasteiger partial charge in [-0.3, -0.25) is 10.1 Å². The van der Waals surface area contributed by atoms with Crippen LogP contribution in [-0.4, -0.2) is 41.1 Å². The average molecular weight is 501 g/mol. The van der Waals surface area contributed by atoms with Gasteiger partial charge in [0.15, 0.2) is 0 Å². The van der Waals surface area contributed by atoms with Gasteiger partial charge in [0.05, 0.1) is 10.6 Å². The highest BCUT2D eigenvalue weighted by atomic mass is 79.9. The molecule has 32 heavy (non-hydrogen) atoms. The van der Waals surface area contributed by atoms with Gasteiger partial charge in [-0.1, -0.05) is 28.1 Å². The highest BCUT2D eigenvalue weighted by molar-refractivity contribution is 9.10. The number of hydrogen-bond donors (Lipinski definition) is 1. The van der Waals surface area contributed by atoms with Gasteiger partial charge in [0.1, 0.15) is 12.1 Å². The SMILES string of the molecule is Cc1cccc(N2CCN(c3ncnc(Nc4ccc(Br)cc4F)c3[N+](=O)[O-])CC2)c1C. The molecule has 166 valence electrons. The number of nitrogens with one attached hydrogen (secondary N) is 1. The van der Waals surface area contributed by atoms with E-state index in [4.69, 9.17) is 0 Å². The fourth-order valence-corrected chi connectivity index (χ4v) is 4.15. The fourth-order valence-electron chi connectivity index (χ4n) is 3.82. The summed E-state index contributed by atoms with van der Waals surface area (Å²) in [5, 5.41) is 14.7. The summed E-state index contributed by atoms with van der Waals surface area (Å²) in [7, 11) is 0. The normalized spacial score (nSPS) is 13.9. The number of rotatable bonds is 5.